The lowest BCUT2D eigenvalue weighted by atomic mass is 10.1. The quantitative estimate of drug-likeness (QED) is 0.857. The summed E-state index contributed by atoms with van der Waals surface area (Å²) in [5, 5.41) is 0. The van der Waals surface area contributed by atoms with Crippen molar-refractivity contribution in [3.63, 3.8) is 0 Å². The summed E-state index contributed by atoms with van der Waals surface area (Å²) in [7, 11) is 1.80. The Labute approximate surface area is 120 Å². The minimum Gasteiger partial charge on any atom is -0.341 e. The summed E-state index contributed by atoms with van der Waals surface area (Å²) in [5.74, 6) is 0.00367. The van der Waals surface area contributed by atoms with E-state index < -0.39 is 0 Å². The zero-order valence-corrected chi connectivity index (χ0v) is 12.5. The number of hydrogen-bond acceptors (Lipinski definition) is 2. The van der Waals surface area contributed by atoms with Crippen molar-refractivity contribution in [2.75, 3.05) is 13.6 Å². The van der Waals surface area contributed by atoms with Gasteiger partial charge in [0.05, 0.1) is 18.6 Å². The Morgan fingerprint density at radius 2 is 2.00 bits per heavy atom. The molecule has 1 atom stereocenters. The minimum absolute atomic E-state index is 0.00367. The number of hydrogen-bond donors (Lipinski definition) is 0. The van der Waals surface area contributed by atoms with Crippen LogP contribution in [0.5, 0.6) is 0 Å². The van der Waals surface area contributed by atoms with Gasteiger partial charge >= 0.3 is 0 Å². The molecule has 2 aromatic rings. The van der Waals surface area contributed by atoms with Gasteiger partial charge in [0.15, 0.2) is 0 Å². The highest BCUT2D eigenvalue weighted by atomic mass is 16.2. The van der Waals surface area contributed by atoms with Crippen LogP contribution in [0.1, 0.15) is 41.5 Å². The smallest absolute Gasteiger partial charge is 0.271 e. The Morgan fingerprint density at radius 1 is 1.35 bits per heavy atom. The Kier molecular flexibility index (Phi) is 4.23. The molecule has 0 N–H and O–H groups in total. The third-order valence-electron chi connectivity index (χ3n) is 3.68. The number of rotatable bonds is 4. The molecule has 0 radical (unpaired) electrons. The van der Waals surface area contributed by atoms with Crippen molar-refractivity contribution < 1.29 is 4.79 Å². The second kappa shape index (κ2) is 5.90. The third-order valence-corrected chi connectivity index (χ3v) is 3.68. The fourth-order valence-corrected chi connectivity index (χ4v) is 2.12. The fraction of sp³-hybridized carbons (Fsp3) is 0.375. The number of amides is 1. The molecule has 0 saturated heterocycles. The molecule has 0 unspecified atom stereocenters. The number of aryl methyl sites for hydroxylation is 1. The van der Waals surface area contributed by atoms with Crippen LogP contribution in [-0.4, -0.2) is 34.0 Å². The van der Waals surface area contributed by atoms with Crippen molar-refractivity contribution in [2.24, 2.45) is 0 Å². The highest BCUT2D eigenvalue weighted by molar-refractivity contribution is 5.92. The third kappa shape index (κ3) is 2.74. The molecule has 0 spiro atoms. The second-order valence-electron chi connectivity index (χ2n) is 5.09. The molecule has 0 aliphatic heterocycles. The average molecular weight is 271 g/mol. The zero-order chi connectivity index (χ0) is 14.7. The summed E-state index contributed by atoms with van der Waals surface area (Å²) in [5.41, 5.74) is 3.03. The van der Waals surface area contributed by atoms with E-state index in [1.807, 2.05) is 11.5 Å². The van der Waals surface area contributed by atoms with Crippen LogP contribution in [0.2, 0.25) is 0 Å². The monoisotopic (exact) mass is 271 g/mol. The molecule has 20 heavy (non-hydrogen) atoms. The van der Waals surface area contributed by atoms with Gasteiger partial charge in [0.25, 0.3) is 5.91 Å². The van der Waals surface area contributed by atoms with E-state index >= 15 is 0 Å². The summed E-state index contributed by atoms with van der Waals surface area (Å²) < 4.78 is 1.93. The molecule has 0 aliphatic carbocycles. The number of aromatic nitrogens is 2. The van der Waals surface area contributed by atoms with Gasteiger partial charge in [0.1, 0.15) is 5.69 Å². The first-order chi connectivity index (χ1) is 9.54. The van der Waals surface area contributed by atoms with Gasteiger partial charge in [-0.2, -0.15) is 0 Å². The SMILES string of the molecule is CCN(C)C(=O)c1cncn1[C@H](C)c1ccc(C)cc1. The molecular formula is C16H21N3O. The van der Waals surface area contributed by atoms with E-state index in [1.165, 1.54) is 11.1 Å². The molecule has 4 heteroatoms. The normalized spacial score (nSPS) is 12.2. The topological polar surface area (TPSA) is 38.1 Å². The molecule has 0 aliphatic rings. The molecule has 4 nitrogen and oxygen atoms in total. The van der Waals surface area contributed by atoms with Crippen LogP contribution in [0.3, 0.4) is 0 Å². The maximum Gasteiger partial charge on any atom is 0.271 e. The molecule has 1 aromatic carbocycles. The molecule has 1 heterocycles. The fourth-order valence-electron chi connectivity index (χ4n) is 2.12. The van der Waals surface area contributed by atoms with Gasteiger partial charge in [-0.1, -0.05) is 29.8 Å². The van der Waals surface area contributed by atoms with Crippen molar-refractivity contribution in [1.82, 2.24) is 14.5 Å². The van der Waals surface area contributed by atoms with E-state index in [0.29, 0.717) is 12.2 Å². The Hall–Kier alpha value is -2.10. The van der Waals surface area contributed by atoms with Gasteiger partial charge in [-0.3, -0.25) is 4.79 Å². The summed E-state index contributed by atoms with van der Waals surface area (Å²) in [6.45, 7) is 6.79. The molecule has 106 valence electrons. The van der Waals surface area contributed by atoms with Crippen molar-refractivity contribution in [2.45, 2.75) is 26.8 Å². The Bertz CT molecular complexity index is 586. The first-order valence-corrected chi connectivity index (χ1v) is 6.88. The van der Waals surface area contributed by atoms with E-state index in [-0.39, 0.29) is 11.9 Å². The molecular weight excluding hydrogens is 250 g/mol. The van der Waals surface area contributed by atoms with Crippen molar-refractivity contribution in [3.05, 3.63) is 53.6 Å². The van der Waals surface area contributed by atoms with Crippen LogP contribution in [0.4, 0.5) is 0 Å². The number of imidazole rings is 1. The van der Waals surface area contributed by atoms with E-state index in [9.17, 15) is 4.79 Å². The Balaban J connectivity index is 2.32. The highest BCUT2D eigenvalue weighted by Gasteiger charge is 2.19. The van der Waals surface area contributed by atoms with Crippen LogP contribution in [0.15, 0.2) is 36.8 Å². The van der Waals surface area contributed by atoms with E-state index in [4.69, 9.17) is 0 Å². The predicted octanol–water partition coefficient (Wildman–Crippen LogP) is 2.89. The minimum atomic E-state index is 0.00367. The van der Waals surface area contributed by atoms with E-state index in [1.54, 1.807) is 24.5 Å². The predicted molar refractivity (Wildman–Crippen MR) is 79.9 cm³/mol. The number of carbonyl (C=O) groups is 1. The van der Waals surface area contributed by atoms with Crippen LogP contribution in [0, 0.1) is 6.92 Å². The van der Waals surface area contributed by atoms with Gasteiger partial charge in [-0.15, -0.1) is 0 Å². The van der Waals surface area contributed by atoms with Crippen molar-refractivity contribution in [1.29, 1.82) is 0 Å². The largest absolute Gasteiger partial charge is 0.341 e. The van der Waals surface area contributed by atoms with Gasteiger partial charge in [0.2, 0.25) is 0 Å². The summed E-state index contributed by atoms with van der Waals surface area (Å²) in [4.78, 5) is 18.1. The molecule has 1 aromatic heterocycles. The number of carbonyl (C=O) groups excluding carboxylic acids is 1. The first-order valence-electron chi connectivity index (χ1n) is 6.88. The number of benzene rings is 1. The molecule has 2 rings (SSSR count). The summed E-state index contributed by atoms with van der Waals surface area (Å²) in [6, 6.07) is 8.45. The molecule has 0 bridgehead atoms. The molecule has 1 amide bonds. The zero-order valence-electron chi connectivity index (χ0n) is 12.5. The van der Waals surface area contributed by atoms with E-state index in [0.717, 1.165) is 0 Å². The highest BCUT2D eigenvalue weighted by Crippen LogP contribution is 2.20. The standard InChI is InChI=1S/C16H21N3O/c1-5-18(4)16(20)15-10-17-11-19(15)13(3)14-8-6-12(2)7-9-14/h6-11,13H,5H2,1-4H3/t13-/m1/s1. The number of nitrogens with zero attached hydrogens (tertiary/aromatic N) is 3. The summed E-state index contributed by atoms with van der Waals surface area (Å²) in [6.07, 6.45) is 3.36. The lowest BCUT2D eigenvalue weighted by Gasteiger charge is -2.20. The van der Waals surface area contributed by atoms with Crippen LogP contribution in [0.25, 0.3) is 0 Å². The van der Waals surface area contributed by atoms with Crippen LogP contribution >= 0.6 is 0 Å². The van der Waals surface area contributed by atoms with Gasteiger partial charge in [0, 0.05) is 13.6 Å². The van der Waals surface area contributed by atoms with Crippen molar-refractivity contribution >= 4 is 5.91 Å². The maximum absolute atomic E-state index is 12.3. The van der Waals surface area contributed by atoms with Gasteiger partial charge in [-0.25, -0.2) is 4.98 Å². The Morgan fingerprint density at radius 3 is 2.60 bits per heavy atom. The molecule has 0 saturated carbocycles. The van der Waals surface area contributed by atoms with E-state index in [2.05, 4.69) is 43.1 Å². The lowest BCUT2D eigenvalue weighted by molar-refractivity contribution is 0.0790. The molecule has 0 fully saturated rings. The lowest BCUT2D eigenvalue weighted by Crippen LogP contribution is -2.29. The van der Waals surface area contributed by atoms with Crippen LogP contribution < -0.4 is 0 Å². The van der Waals surface area contributed by atoms with Gasteiger partial charge < -0.3 is 9.47 Å². The van der Waals surface area contributed by atoms with Gasteiger partial charge in [-0.05, 0) is 26.3 Å². The maximum atomic E-state index is 12.3. The van der Waals surface area contributed by atoms with Crippen LogP contribution in [-0.2, 0) is 0 Å². The summed E-state index contributed by atoms with van der Waals surface area (Å²) >= 11 is 0. The average Bonchev–Trinajstić information content (AvgIpc) is 2.95. The second-order valence-corrected chi connectivity index (χ2v) is 5.09. The first kappa shape index (κ1) is 14.3. The van der Waals surface area contributed by atoms with Crippen molar-refractivity contribution in [3.8, 4) is 0 Å².